The van der Waals surface area contributed by atoms with Gasteiger partial charge < -0.3 is 10.1 Å². The Kier molecular flexibility index (Phi) is 5.75. The van der Waals surface area contributed by atoms with Crippen LogP contribution in [0.5, 0.6) is 0 Å². The summed E-state index contributed by atoms with van der Waals surface area (Å²) in [5.41, 5.74) is 0.861. The lowest BCUT2D eigenvalue weighted by Crippen LogP contribution is -2.31. The summed E-state index contributed by atoms with van der Waals surface area (Å²) in [5, 5.41) is 3.07. The molecule has 1 heterocycles. The van der Waals surface area contributed by atoms with Gasteiger partial charge in [0.15, 0.2) is 5.16 Å². The number of nitrogens with zero attached hydrogens (tertiary/aromatic N) is 2. The average Bonchev–Trinajstić information content (AvgIpc) is 2.97. The monoisotopic (exact) mass is 337 g/mol. The first kappa shape index (κ1) is 17.0. The van der Waals surface area contributed by atoms with Gasteiger partial charge in [-0.25, -0.2) is 9.37 Å². The van der Waals surface area contributed by atoms with Crippen LogP contribution in [0.1, 0.15) is 17.4 Å². The molecule has 1 N–H and O–H groups in total. The summed E-state index contributed by atoms with van der Waals surface area (Å²) in [6.07, 6.45) is 3.23. The fourth-order valence-electron chi connectivity index (χ4n) is 1.93. The first-order valence-electron chi connectivity index (χ1n) is 6.88. The Morgan fingerprint density at radius 3 is 2.65 bits per heavy atom. The van der Waals surface area contributed by atoms with E-state index in [0.29, 0.717) is 10.8 Å². The van der Waals surface area contributed by atoms with Crippen molar-refractivity contribution in [1.82, 2.24) is 14.9 Å². The van der Waals surface area contributed by atoms with E-state index in [1.165, 1.54) is 30.1 Å². The zero-order valence-corrected chi connectivity index (χ0v) is 13.5. The van der Waals surface area contributed by atoms with Gasteiger partial charge in [0.05, 0.1) is 12.8 Å². The predicted octanol–water partition coefficient (Wildman–Crippen LogP) is 2.03. The van der Waals surface area contributed by atoms with Crippen LogP contribution in [0.2, 0.25) is 0 Å². The van der Waals surface area contributed by atoms with Gasteiger partial charge in [0.1, 0.15) is 18.1 Å². The Morgan fingerprint density at radius 1 is 1.35 bits per heavy atom. The molecule has 0 saturated heterocycles. The van der Waals surface area contributed by atoms with Gasteiger partial charge >= 0.3 is 5.97 Å². The Morgan fingerprint density at radius 2 is 2.04 bits per heavy atom. The summed E-state index contributed by atoms with van der Waals surface area (Å²) in [6, 6.07) is 5.72. The van der Waals surface area contributed by atoms with Gasteiger partial charge in [0.2, 0.25) is 0 Å². The highest BCUT2D eigenvalue weighted by molar-refractivity contribution is 7.98. The second kappa shape index (κ2) is 7.77. The quantitative estimate of drug-likeness (QED) is 0.645. The predicted molar refractivity (Wildman–Crippen MR) is 84.3 cm³/mol. The van der Waals surface area contributed by atoms with Gasteiger partial charge in [0.25, 0.3) is 5.91 Å². The maximum Gasteiger partial charge on any atom is 0.325 e. The minimum atomic E-state index is -0.515. The van der Waals surface area contributed by atoms with Crippen LogP contribution in [-0.4, -0.2) is 40.8 Å². The summed E-state index contributed by atoms with van der Waals surface area (Å²) in [5.74, 6) is -1.35. The molecule has 1 amide bonds. The van der Waals surface area contributed by atoms with Crippen molar-refractivity contribution in [2.45, 2.75) is 12.1 Å². The number of thioether (sulfide) groups is 1. The maximum atomic E-state index is 13.1. The lowest BCUT2D eigenvalue weighted by molar-refractivity contribution is -0.141. The minimum Gasteiger partial charge on any atom is -0.465 e. The SMILES string of the molecule is CCOC(=O)CNC(=O)c1cnc(SC)n1-c1ccc(F)cc1. The topological polar surface area (TPSA) is 73.2 Å². The first-order chi connectivity index (χ1) is 11.1. The molecule has 0 spiro atoms. The third kappa shape index (κ3) is 4.10. The van der Waals surface area contributed by atoms with E-state index in [4.69, 9.17) is 4.74 Å². The smallest absolute Gasteiger partial charge is 0.325 e. The molecule has 0 atom stereocenters. The number of esters is 1. The zero-order valence-electron chi connectivity index (χ0n) is 12.7. The van der Waals surface area contributed by atoms with Gasteiger partial charge in [-0.2, -0.15) is 0 Å². The largest absolute Gasteiger partial charge is 0.465 e. The van der Waals surface area contributed by atoms with E-state index in [9.17, 15) is 14.0 Å². The third-order valence-corrected chi connectivity index (χ3v) is 3.58. The molecule has 122 valence electrons. The van der Waals surface area contributed by atoms with Crippen molar-refractivity contribution in [3.8, 4) is 5.69 Å². The molecule has 0 bridgehead atoms. The maximum absolute atomic E-state index is 13.1. The van der Waals surface area contributed by atoms with E-state index in [1.807, 2.05) is 6.26 Å². The molecule has 2 aromatic rings. The van der Waals surface area contributed by atoms with Crippen molar-refractivity contribution in [2.24, 2.45) is 0 Å². The molecule has 0 unspecified atom stereocenters. The number of carbonyl (C=O) groups excluding carboxylic acids is 2. The van der Waals surface area contributed by atoms with E-state index in [2.05, 4.69) is 10.3 Å². The molecule has 1 aromatic heterocycles. The second-order valence-corrected chi connectivity index (χ2v) is 5.20. The number of hydrogen-bond acceptors (Lipinski definition) is 5. The number of carbonyl (C=O) groups is 2. The van der Waals surface area contributed by atoms with Gasteiger partial charge in [-0.1, -0.05) is 11.8 Å². The number of ether oxygens (including phenoxy) is 1. The molecule has 23 heavy (non-hydrogen) atoms. The van der Waals surface area contributed by atoms with Gasteiger partial charge in [-0.15, -0.1) is 0 Å². The molecule has 2 rings (SSSR count). The van der Waals surface area contributed by atoms with Gasteiger partial charge in [-0.05, 0) is 37.4 Å². The highest BCUT2D eigenvalue weighted by Crippen LogP contribution is 2.21. The van der Waals surface area contributed by atoms with Crippen LogP contribution < -0.4 is 5.32 Å². The van der Waals surface area contributed by atoms with E-state index in [-0.39, 0.29) is 24.7 Å². The molecule has 0 fully saturated rings. The van der Waals surface area contributed by atoms with Crippen molar-refractivity contribution in [1.29, 1.82) is 0 Å². The molecule has 0 radical (unpaired) electrons. The number of halogens is 1. The Labute approximate surface area is 137 Å². The lowest BCUT2D eigenvalue weighted by atomic mass is 10.3. The molecular formula is C15H16FN3O3S. The molecule has 0 aliphatic heterocycles. The number of hydrogen-bond donors (Lipinski definition) is 1. The molecule has 0 aliphatic carbocycles. The summed E-state index contributed by atoms with van der Waals surface area (Å²) in [6.45, 7) is 1.71. The normalized spacial score (nSPS) is 10.4. The van der Waals surface area contributed by atoms with Crippen molar-refractivity contribution in [2.75, 3.05) is 19.4 Å². The number of nitrogens with one attached hydrogen (secondary N) is 1. The van der Waals surface area contributed by atoms with Crippen LogP contribution in [0.3, 0.4) is 0 Å². The summed E-state index contributed by atoms with van der Waals surface area (Å²) in [7, 11) is 0. The molecule has 0 aliphatic rings. The Bertz CT molecular complexity index is 700. The first-order valence-corrected chi connectivity index (χ1v) is 8.10. The molecule has 8 heteroatoms. The summed E-state index contributed by atoms with van der Waals surface area (Å²) < 4.78 is 19.5. The summed E-state index contributed by atoms with van der Waals surface area (Å²) >= 11 is 1.35. The number of rotatable bonds is 6. The van der Waals surface area contributed by atoms with Crippen LogP contribution in [0.4, 0.5) is 4.39 Å². The highest BCUT2D eigenvalue weighted by atomic mass is 32.2. The third-order valence-electron chi connectivity index (χ3n) is 2.93. The standard InChI is InChI=1S/C15H16FN3O3S/c1-3-22-13(20)9-17-14(21)12-8-18-15(23-2)19(12)11-6-4-10(16)5-7-11/h4-8H,3,9H2,1-2H3,(H,17,21). The molecule has 1 aromatic carbocycles. The van der Waals surface area contributed by atoms with E-state index >= 15 is 0 Å². The van der Waals surface area contributed by atoms with Crippen LogP contribution in [0.15, 0.2) is 35.6 Å². The Hall–Kier alpha value is -2.35. The molecular weight excluding hydrogens is 321 g/mol. The lowest BCUT2D eigenvalue weighted by Gasteiger charge is -2.11. The van der Waals surface area contributed by atoms with Crippen LogP contribution in [-0.2, 0) is 9.53 Å². The van der Waals surface area contributed by atoms with Crippen LogP contribution in [0.25, 0.3) is 5.69 Å². The number of aromatic nitrogens is 2. The van der Waals surface area contributed by atoms with Gasteiger partial charge in [-0.3, -0.25) is 14.2 Å². The van der Waals surface area contributed by atoms with Crippen molar-refractivity contribution in [3.63, 3.8) is 0 Å². The highest BCUT2D eigenvalue weighted by Gasteiger charge is 2.18. The van der Waals surface area contributed by atoms with Crippen molar-refractivity contribution < 1.29 is 18.7 Å². The van der Waals surface area contributed by atoms with Crippen LogP contribution in [0, 0.1) is 5.82 Å². The average molecular weight is 337 g/mol. The van der Waals surface area contributed by atoms with E-state index in [0.717, 1.165) is 0 Å². The summed E-state index contributed by atoms with van der Waals surface area (Å²) in [4.78, 5) is 27.8. The zero-order chi connectivity index (χ0) is 16.8. The van der Waals surface area contributed by atoms with Gasteiger partial charge in [0, 0.05) is 5.69 Å². The fraction of sp³-hybridized carbons (Fsp3) is 0.267. The number of imidazole rings is 1. The van der Waals surface area contributed by atoms with E-state index in [1.54, 1.807) is 23.6 Å². The van der Waals surface area contributed by atoms with Crippen molar-refractivity contribution >= 4 is 23.6 Å². The molecule has 6 nitrogen and oxygen atoms in total. The van der Waals surface area contributed by atoms with Crippen molar-refractivity contribution in [3.05, 3.63) is 42.0 Å². The molecule has 0 saturated carbocycles. The number of amides is 1. The Balaban J connectivity index is 2.25. The number of benzene rings is 1. The minimum absolute atomic E-state index is 0.226. The van der Waals surface area contributed by atoms with Crippen LogP contribution >= 0.6 is 11.8 Å². The fourth-order valence-corrected chi connectivity index (χ4v) is 2.48. The van der Waals surface area contributed by atoms with E-state index < -0.39 is 11.9 Å². The second-order valence-electron chi connectivity index (χ2n) is 4.43.